The molecule has 0 bridgehead atoms. The fourth-order valence-corrected chi connectivity index (χ4v) is 2.85. The molecule has 0 spiro atoms. The van der Waals surface area contributed by atoms with Gasteiger partial charge in [-0.05, 0) is 19.8 Å². The maximum absolute atomic E-state index is 14.7. The number of nitrogens with one attached hydrogen (secondary N) is 1. The lowest BCUT2D eigenvalue weighted by Gasteiger charge is -2.17. The summed E-state index contributed by atoms with van der Waals surface area (Å²) in [6.45, 7) is 2.71. The van der Waals surface area contributed by atoms with Crippen molar-refractivity contribution in [3.05, 3.63) is 33.6 Å². The van der Waals surface area contributed by atoms with E-state index in [0.717, 1.165) is 6.92 Å². The molecule has 1 aromatic carbocycles. The second-order valence-corrected chi connectivity index (χ2v) is 6.05. The van der Waals surface area contributed by atoms with E-state index in [9.17, 15) is 23.2 Å². The number of esters is 1. The molecule has 7 nitrogen and oxygen atoms in total. The molecular weight excluding hydrogens is 348 g/mol. The number of hydrogen-bond donors (Lipinski definition) is 2. The van der Waals surface area contributed by atoms with E-state index in [0.29, 0.717) is 12.8 Å². The molecule has 1 aliphatic rings. The van der Waals surface area contributed by atoms with Crippen molar-refractivity contribution in [1.82, 2.24) is 4.57 Å². The number of nitrogen functional groups attached to an aromatic ring is 1. The van der Waals surface area contributed by atoms with Gasteiger partial charge in [0, 0.05) is 19.2 Å². The summed E-state index contributed by atoms with van der Waals surface area (Å²) in [4.78, 5) is 36.4. The molecule has 0 saturated heterocycles. The molecule has 2 aromatic rings. The lowest BCUT2D eigenvalue weighted by Crippen LogP contribution is -2.24. The highest BCUT2D eigenvalue weighted by Crippen LogP contribution is 2.40. The summed E-state index contributed by atoms with van der Waals surface area (Å²) >= 11 is 0. The van der Waals surface area contributed by atoms with Crippen LogP contribution >= 0.6 is 0 Å². The number of aromatic nitrogens is 1. The number of halogens is 2. The number of nitrogens with zero attached hydrogens (tertiary/aromatic N) is 1. The minimum atomic E-state index is -1.26. The summed E-state index contributed by atoms with van der Waals surface area (Å²) in [5, 5.41) is 1.74. The number of hydrogen-bond acceptors (Lipinski definition) is 5. The molecule has 1 heterocycles. The van der Waals surface area contributed by atoms with E-state index in [4.69, 9.17) is 10.5 Å². The van der Waals surface area contributed by atoms with Crippen LogP contribution in [0.5, 0.6) is 0 Å². The maximum atomic E-state index is 14.7. The lowest BCUT2D eigenvalue weighted by atomic mass is 10.1. The molecule has 1 aliphatic carbocycles. The smallest absolute Gasteiger partial charge is 0.343 e. The number of pyridine rings is 1. The molecule has 1 fully saturated rings. The fourth-order valence-electron chi connectivity index (χ4n) is 2.85. The fraction of sp³-hybridized carbons (Fsp3) is 0.353. The Morgan fingerprint density at radius 2 is 2.00 bits per heavy atom. The first-order valence-electron chi connectivity index (χ1n) is 8.07. The van der Waals surface area contributed by atoms with Gasteiger partial charge >= 0.3 is 5.97 Å². The van der Waals surface area contributed by atoms with Crippen molar-refractivity contribution in [2.45, 2.75) is 32.7 Å². The van der Waals surface area contributed by atoms with Crippen LogP contribution in [0.2, 0.25) is 0 Å². The SMILES string of the molecule is CCOC(=O)c1cn(C2CC2)c2c(F)c(N)c(F)c(NC(C)=O)c2c1=O. The van der Waals surface area contributed by atoms with Gasteiger partial charge in [-0.25, -0.2) is 13.6 Å². The number of anilines is 2. The predicted molar refractivity (Wildman–Crippen MR) is 91.1 cm³/mol. The topological polar surface area (TPSA) is 103 Å². The van der Waals surface area contributed by atoms with E-state index < -0.39 is 45.7 Å². The van der Waals surface area contributed by atoms with Gasteiger partial charge in [0.2, 0.25) is 11.3 Å². The van der Waals surface area contributed by atoms with Crippen LogP contribution in [0.3, 0.4) is 0 Å². The van der Waals surface area contributed by atoms with Crippen molar-refractivity contribution < 1.29 is 23.1 Å². The Kier molecular flexibility index (Phi) is 4.39. The van der Waals surface area contributed by atoms with Gasteiger partial charge in [0.25, 0.3) is 0 Å². The standard InChI is InChI=1S/C17H17F2N3O4/c1-3-26-17(25)9-6-22(8-4-5-8)15-10(16(9)24)14(21-7(2)23)11(18)13(20)12(15)19/h6,8H,3-5,20H2,1-2H3,(H,21,23). The van der Waals surface area contributed by atoms with Gasteiger partial charge < -0.3 is 20.4 Å². The van der Waals surface area contributed by atoms with E-state index in [1.165, 1.54) is 10.8 Å². The predicted octanol–water partition coefficient (Wildman–Crippen LogP) is 2.33. The third-order valence-electron chi connectivity index (χ3n) is 4.12. The van der Waals surface area contributed by atoms with E-state index >= 15 is 0 Å². The Bertz CT molecular complexity index is 996. The average molecular weight is 365 g/mol. The molecule has 0 atom stereocenters. The number of rotatable bonds is 4. The first kappa shape index (κ1) is 17.8. The van der Waals surface area contributed by atoms with Gasteiger partial charge in [0.05, 0.1) is 23.2 Å². The quantitative estimate of drug-likeness (QED) is 0.639. The van der Waals surface area contributed by atoms with Gasteiger partial charge in [-0.2, -0.15) is 0 Å². The maximum Gasteiger partial charge on any atom is 0.343 e. The highest BCUT2D eigenvalue weighted by Gasteiger charge is 2.32. The molecule has 3 N–H and O–H groups in total. The van der Waals surface area contributed by atoms with Gasteiger partial charge in [-0.3, -0.25) is 9.59 Å². The Labute approximate surface area is 146 Å². The highest BCUT2D eigenvalue weighted by atomic mass is 19.1. The van der Waals surface area contributed by atoms with Crippen LogP contribution in [-0.4, -0.2) is 23.1 Å². The van der Waals surface area contributed by atoms with Crippen LogP contribution in [0, 0.1) is 11.6 Å². The second-order valence-electron chi connectivity index (χ2n) is 6.05. The normalized spacial score (nSPS) is 13.7. The van der Waals surface area contributed by atoms with E-state index in [1.807, 2.05) is 0 Å². The summed E-state index contributed by atoms with van der Waals surface area (Å²) in [7, 11) is 0. The molecule has 26 heavy (non-hydrogen) atoms. The van der Waals surface area contributed by atoms with Crippen LogP contribution in [0.25, 0.3) is 10.9 Å². The average Bonchev–Trinajstić information content (AvgIpc) is 3.41. The van der Waals surface area contributed by atoms with Crippen LogP contribution in [-0.2, 0) is 9.53 Å². The molecule has 9 heteroatoms. The number of carbonyl (C=O) groups is 2. The van der Waals surface area contributed by atoms with Crippen molar-refractivity contribution in [2.24, 2.45) is 0 Å². The molecule has 0 aliphatic heterocycles. The Hall–Kier alpha value is -2.97. The molecule has 3 rings (SSSR count). The van der Waals surface area contributed by atoms with Crippen LogP contribution in [0.1, 0.15) is 43.1 Å². The minimum Gasteiger partial charge on any atom is -0.462 e. The lowest BCUT2D eigenvalue weighted by molar-refractivity contribution is -0.114. The van der Waals surface area contributed by atoms with Gasteiger partial charge in [0.1, 0.15) is 11.3 Å². The Morgan fingerprint density at radius 3 is 2.54 bits per heavy atom. The largest absolute Gasteiger partial charge is 0.462 e. The van der Waals surface area contributed by atoms with Gasteiger partial charge in [-0.15, -0.1) is 0 Å². The molecule has 1 saturated carbocycles. The van der Waals surface area contributed by atoms with Crippen molar-refractivity contribution >= 4 is 34.2 Å². The summed E-state index contributed by atoms with van der Waals surface area (Å²) in [5.41, 5.74) is 2.61. The molecule has 1 aromatic heterocycles. The number of amides is 1. The zero-order chi connectivity index (χ0) is 19.2. The zero-order valence-electron chi connectivity index (χ0n) is 14.2. The van der Waals surface area contributed by atoms with Gasteiger partial charge in [-0.1, -0.05) is 0 Å². The highest BCUT2D eigenvalue weighted by molar-refractivity contribution is 6.05. The number of ether oxygens (including phenoxy) is 1. The zero-order valence-corrected chi connectivity index (χ0v) is 14.2. The van der Waals surface area contributed by atoms with E-state index in [1.54, 1.807) is 6.92 Å². The molecule has 138 valence electrons. The van der Waals surface area contributed by atoms with Crippen LogP contribution in [0.15, 0.2) is 11.0 Å². The first-order valence-corrected chi connectivity index (χ1v) is 8.07. The molecular formula is C17H17F2N3O4. The summed E-state index contributed by atoms with van der Waals surface area (Å²) in [5.74, 6) is -3.94. The molecule has 1 amide bonds. The number of nitrogens with two attached hydrogens (primary N) is 1. The number of fused-ring (bicyclic) bond motifs is 1. The summed E-state index contributed by atoms with van der Waals surface area (Å²) < 4.78 is 35.5. The summed E-state index contributed by atoms with van der Waals surface area (Å²) in [6.07, 6.45) is 2.61. The van der Waals surface area contributed by atoms with Crippen molar-refractivity contribution in [3.63, 3.8) is 0 Å². The number of benzene rings is 1. The second kappa shape index (κ2) is 6.40. The van der Waals surface area contributed by atoms with Crippen molar-refractivity contribution in [2.75, 3.05) is 17.7 Å². The van der Waals surface area contributed by atoms with Crippen molar-refractivity contribution in [3.8, 4) is 0 Å². The third-order valence-corrected chi connectivity index (χ3v) is 4.12. The monoisotopic (exact) mass is 365 g/mol. The van der Waals surface area contributed by atoms with Crippen LogP contribution < -0.4 is 16.5 Å². The van der Waals surface area contributed by atoms with Crippen molar-refractivity contribution in [1.29, 1.82) is 0 Å². The molecule has 0 unspecified atom stereocenters. The van der Waals surface area contributed by atoms with Gasteiger partial charge in [0.15, 0.2) is 11.6 Å². The number of carbonyl (C=O) groups excluding carboxylic acids is 2. The summed E-state index contributed by atoms with van der Waals surface area (Å²) in [6, 6.07) is -0.157. The minimum absolute atomic E-state index is 0.0305. The Morgan fingerprint density at radius 1 is 1.35 bits per heavy atom. The van der Waals surface area contributed by atoms with Crippen LogP contribution in [0.4, 0.5) is 20.2 Å². The van der Waals surface area contributed by atoms with E-state index in [-0.39, 0.29) is 23.7 Å². The Balaban J connectivity index is 2.48. The first-order chi connectivity index (χ1) is 12.3. The van der Waals surface area contributed by atoms with E-state index in [2.05, 4.69) is 5.32 Å². The third kappa shape index (κ3) is 2.79. The molecule has 0 radical (unpaired) electrons.